The first-order valence-electron chi connectivity index (χ1n) is 4.45. The molecule has 17 heavy (non-hydrogen) atoms. The van der Waals surface area contributed by atoms with Crippen molar-refractivity contribution in [1.82, 2.24) is 4.72 Å². The first-order chi connectivity index (χ1) is 7.84. The van der Waals surface area contributed by atoms with E-state index >= 15 is 0 Å². The summed E-state index contributed by atoms with van der Waals surface area (Å²) in [6.45, 7) is 0.0142. The van der Waals surface area contributed by atoms with Crippen LogP contribution in [0.1, 0.15) is 9.67 Å². The van der Waals surface area contributed by atoms with Crippen LogP contribution in [-0.2, 0) is 20.8 Å². The maximum absolute atomic E-state index is 11.7. The number of carbonyl (C=O) groups is 1. The second-order valence-corrected chi connectivity index (χ2v) is 7.30. The fourth-order valence-corrected chi connectivity index (χ4v) is 3.87. The number of aromatic carboxylic acids is 1. The molecule has 1 aromatic rings. The minimum atomic E-state index is -3.84. The average Bonchev–Trinajstić information content (AvgIpc) is 2.65. The smallest absolute Gasteiger partial charge is 0.347 e. The fourth-order valence-electron chi connectivity index (χ4n) is 1.06. The van der Waals surface area contributed by atoms with Gasteiger partial charge >= 0.3 is 5.97 Å². The van der Waals surface area contributed by atoms with Gasteiger partial charge in [-0.1, -0.05) is 0 Å². The highest BCUT2D eigenvalue weighted by Gasteiger charge is 2.23. The van der Waals surface area contributed by atoms with Crippen LogP contribution in [0, 0.1) is 0 Å². The van der Waals surface area contributed by atoms with Crippen molar-refractivity contribution in [3.05, 3.63) is 16.3 Å². The molecule has 0 spiro atoms. The summed E-state index contributed by atoms with van der Waals surface area (Å²) in [5.74, 6) is -1.09. The van der Waals surface area contributed by atoms with Crippen LogP contribution in [-0.4, -0.2) is 42.3 Å². The third-order valence-corrected chi connectivity index (χ3v) is 5.11. The van der Waals surface area contributed by atoms with Crippen LogP contribution < -0.4 is 4.72 Å². The van der Waals surface area contributed by atoms with Crippen molar-refractivity contribution in [3.63, 3.8) is 0 Å². The third-order valence-electron chi connectivity index (χ3n) is 1.79. The van der Waals surface area contributed by atoms with Crippen LogP contribution in [0.2, 0.25) is 0 Å². The molecule has 1 rings (SSSR count). The molecule has 0 fully saturated rings. The van der Waals surface area contributed by atoms with Crippen molar-refractivity contribution in [2.45, 2.75) is 4.90 Å². The van der Waals surface area contributed by atoms with Gasteiger partial charge in [-0.2, -0.15) is 0 Å². The Balaban J connectivity index is 2.86. The summed E-state index contributed by atoms with van der Waals surface area (Å²) >= 11 is 0.846. The third kappa shape index (κ3) is 3.87. The van der Waals surface area contributed by atoms with Gasteiger partial charge in [-0.3, -0.25) is 4.21 Å². The molecule has 1 aromatic heterocycles. The lowest BCUT2D eigenvalue weighted by molar-refractivity contribution is 0.0698. The lowest BCUT2D eigenvalue weighted by atomic mass is 10.5. The van der Waals surface area contributed by atoms with Crippen molar-refractivity contribution in [1.29, 1.82) is 0 Å². The number of carboxylic acids is 1. The predicted molar refractivity (Wildman–Crippen MR) is 65.4 cm³/mol. The van der Waals surface area contributed by atoms with Gasteiger partial charge in [-0.25, -0.2) is 17.9 Å². The maximum Gasteiger partial charge on any atom is 0.347 e. The zero-order chi connectivity index (χ0) is 13.1. The van der Waals surface area contributed by atoms with Crippen molar-refractivity contribution < 1.29 is 22.5 Å². The van der Waals surface area contributed by atoms with E-state index in [1.165, 1.54) is 17.7 Å². The number of rotatable bonds is 6. The van der Waals surface area contributed by atoms with Gasteiger partial charge in [0.05, 0.1) is 0 Å². The van der Waals surface area contributed by atoms with E-state index in [0.717, 1.165) is 11.3 Å². The summed E-state index contributed by atoms with van der Waals surface area (Å²) in [4.78, 5) is 10.3. The van der Waals surface area contributed by atoms with Gasteiger partial charge < -0.3 is 5.11 Å². The number of hydrogen-bond acceptors (Lipinski definition) is 5. The number of thiophene rings is 1. The fraction of sp³-hybridized carbons (Fsp3) is 0.375. The zero-order valence-electron chi connectivity index (χ0n) is 8.87. The molecule has 9 heteroatoms. The highest BCUT2D eigenvalue weighted by Crippen LogP contribution is 2.21. The summed E-state index contributed by atoms with van der Waals surface area (Å²) in [6.07, 6.45) is 1.46. The SMILES string of the molecule is CS(=O)CCNS(=O)(=O)c1ccsc1C(=O)O. The molecular weight excluding hydrogens is 286 g/mol. The first kappa shape index (κ1) is 14.3. The summed E-state index contributed by atoms with van der Waals surface area (Å²) < 4.78 is 36.5. The van der Waals surface area contributed by atoms with E-state index in [4.69, 9.17) is 5.11 Å². The van der Waals surface area contributed by atoms with E-state index in [2.05, 4.69) is 4.72 Å². The summed E-state index contributed by atoms with van der Waals surface area (Å²) in [6, 6.07) is 1.24. The lowest BCUT2D eigenvalue weighted by Gasteiger charge is -2.04. The Morgan fingerprint density at radius 2 is 2.24 bits per heavy atom. The Kier molecular flexibility index (Phi) is 4.80. The number of nitrogens with one attached hydrogen (secondary N) is 1. The van der Waals surface area contributed by atoms with Crippen LogP contribution in [0.25, 0.3) is 0 Å². The highest BCUT2D eigenvalue weighted by atomic mass is 32.2. The number of hydrogen-bond donors (Lipinski definition) is 2. The predicted octanol–water partition coefficient (Wildman–Crippen LogP) is 0.103. The Morgan fingerprint density at radius 3 is 2.76 bits per heavy atom. The van der Waals surface area contributed by atoms with E-state index in [1.807, 2.05) is 0 Å². The molecule has 1 atom stereocenters. The molecule has 0 aliphatic rings. The number of sulfonamides is 1. The van der Waals surface area contributed by atoms with Crippen LogP contribution in [0.3, 0.4) is 0 Å². The van der Waals surface area contributed by atoms with Gasteiger partial charge in [0.25, 0.3) is 0 Å². The van der Waals surface area contributed by atoms with E-state index < -0.39 is 26.8 Å². The molecule has 0 amide bonds. The summed E-state index contributed by atoms with van der Waals surface area (Å²) in [5.41, 5.74) is 0. The van der Waals surface area contributed by atoms with Crippen LogP contribution in [0.15, 0.2) is 16.3 Å². The molecule has 1 heterocycles. The molecule has 6 nitrogen and oxygen atoms in total. The van der Waals surface area contributed by atoms with Crippen molar-refractivity contribution in [2.75, 3.05) is 18.6 Å². The van der Waals surface area contributed by atoms with Crippen molar-refractivity contribution >= 4 is 38.1 Å². The minimum Gasteiger partial charge on any atom is -0.477 e. The lowest BCUT2D eigenvalue weighted by Crippen LogP contribution is -2.28. The molecule has 0 bridgehead atoms. The quantitative estimate of drug-likeness (QED) is 0.776. The maximum atomic E-state index is 11.7. The van der Waals surface area contributed by atoms with Crippen LogP contribution in [0.5, 0.6) is 0 Å². The Bertz CT molecular complexity index is 533. The van der Waals surface area contributed by atoms with Gasteiger partial charge in [0.1, 0.15) is 9.77 Å². The van der Waals surface area contributed by atoms with Gasteiger partial charge in [-0.15, -0.1) is 11.3 Å². The van der Waals surface area contributed by atoms with Gasteiger partial charge in [0.15, 0.2) is 0 Å². The molecule has 0 saturated carbocycles. The zero-order valence-corrected chi connectivity index (χ0v) is 11.3. The molecule has 0 aliphatic heterocycles. The second-order valence-electron chi connectivity index (χ2n) is 3.09. The van der Waals surface area contributed by atoms with Crippen LogP contribution in [0.4, 0.5) is 0 Å². The normalized spacial score (nSPS) is 13.5. The molecule has 0 saturated heterocycles. The van der Waals surface area contributed by atoms with Crippen LogP contribution >= 0.6 is 11.3 Å². The second kappa shape index (κ2) is 5.71. The molecule has 1 unspecified atom stereocenters. The van der Waals surface area contributed by atoms with E-state index in [9.17, 15) is 17.4 Å². The van der Waals surface area contributed by atoms with E-state index in [1.54, 1.807) is 0 Å². The van der Waals surface area contributed by atoms with E-state index in [-0.39, 0.29) is 22.1 Å². The van der Waals surface area contributed by atoms with Crippen molar-refractivity contribution in [3.8, 4) is 0 Å². The largest absolute Gasteiger partial charge is 0.477 e. The van der Waals surface area contributed by atoms with E-state index in [0.29, 0.717) is 0 Å². The standard InChI is InChI=1S/C8H11NO5S3/c1-16(12)5-3-9-17(13,14)6-2-4-15-7(6)8(10)11/h2,4,9H,3,5H2,1H3,(H,10,11). The first-order valence-corrected chi connectivity index (χ1v) is 8.54. The molecular formula is C8H11NO5S3. The van der Waals surface area contributed by atoms with Gasteiger partial charge in [-0.05, 0) is 11.4 Å². The van der Waals surface area contributed by atoms with Gasteiger partial charge in [0.2, 0.25) is 10.0 Å². The summed E-state index contributed by atoms with van der Waals surface area (Å²) in [7, 11) is -4.95. The number of carboxylic acid groups (broad SMARTS) is 1. The summed E-state index contributed by atoms with van der Waals surface area (Å²) in [5, 5.41) is 10.2. The molecule has 0 radical (unpaired) electrons. The van der Waals surface area contributed by atoms with Crippen molar-refractivity contribution in [2.24, 2.45) is 0 Å². The molecule has 2 N–H and O–H groups in total. The Labute approximate surface area is 105 Å². The monoisotopic (exact) mass is 297 g/mol. The average molecular weight is 297 g/mol. The Hall–Kier alpha value is -0.770. The molecule has 0 aromatic carbocycles. The highest BCUT2D eigenvalue weighted by molar-refractivity contribution is 7.89. The van der Waals surface area contributed by atoms with Gasteiger partial charge in [0, 0.05) is 29.4 Å². The Morgan fingerprint density at radius 1 is 1.59 bits per heavy atom. The molecule has 96 valence electrons. The minimum absolute atomic E-state index is 0.0142. The topological polar surface area (TPSA) is 101 Å². The molecule has 0 aliphatic carbocycles.